The van der Waals surface area contributed by atoms with Gasteiger partial charge in [0.2, 0.25) is 0 Å². The Balaban J connectivity index is 1.59. The largest absolute Gasteiger partial charge is 0.355 e. The van der Waals surface area contributed by atoms with E-state index < -0.39 is 0 Å². The number of rotatable bonds is 4. The average molecular weight is 476 g/mol. The zero-order chi connectivity index (χ0) is 24.6. The first-order valence-corrected chi connectivity index (χ1v) is 12.1. The molecule has 0 radical (unpaired) electrons. The Morgan fingerprint density at radius 1 is 1.06 bits per heavy atom. The summed E-state index contributed by atoms with van der Waals surface area (Å²) in [5.41, 5.74) is 8.86. The van der Waals surface area contributed by atoms with Gasteiger partial charge in [-0.2, -0.15) is 5.26 Å². The van der Waals surface area contributed by atoms with Gasteiger partial charge < -0.3 is 10.6 Å². The summed E-state index contributed by atoms with van der Waals surface area (Å²) in [6.07, 6.45) is 5.14. The Hall–Kier alpha value is -4.48. The highest BCUT2D eigenvalue weighted by atomic mass is 16.1. The summed E-state index contributed by atoms with van der Waals surface area (Å²) in [6.45, 7) is 1.65. The van der Waals surface area contributed by atoms with Gasteiger partial charge in [-0.1, -0.05) is 42.5 Å². The van der Waals surface area contributed by atoms with E-state index in [0.717, 1.165) is 41.5 Å². The highest BCUT2D eigenvalue weighted by Gasteiger charge is 2.29. The number of pyridine rings is 1. The van der Waals surface area contributed by atoms with Gasteiger partial charge in [-0.05, 0) is 36.4 Å². The number of nitrogens with zero attached hydrogens (tertiary/aromatic N) is 6. The van der Waals surface area contributed by atoms with E-state index in [4.69, 9.17) is 5.73 Å². The molecular weight excluding hydrogens is 450 g/mol. The molecule has 5 aromatic rings. The molecule has 8 nitrogen and oxygen atoms in total. The van der Waals surface area contributed by atoms with Gasteiger partial charge in [-0.15, -0.1) is 0 Å². The first-order chi connectivity index (χ1) is 17.7. The van der Waals surface area contributed by atoms with Crippen molar-refractivity contribution >= 4 is 27.6 Å². The number of para-hydroxylation sites is 1. The van der Waals surface area contributed by atoms with Crippen LogP contribution in [-0.2, 0) is 6.54 Å². The third-order valence-electron chi connectivity index (χ3n) is 6.87. The highest BCUT2D eigenvalue weighted by Crippen LogP contribution is 2.34. The van der Waals surface area contributed by atoms with E-state index in [1.165, 1.54) is 6.33 Å². The van der Waals surface area contributed by atoms with Gasteiger partial charge in [-0.25, -0.2) is 4.98 Å². The maximum atomic E-state index is 14.0. The fourth-order valence-electron chi connectivity index (χ4n) is 5.20. The first-order valence-electron chi connectivity index (χ1n) is 12.1. The third kappa shape index (κ3) is 3.61. The van der Waals surface area contributed by atoms with E-state index in [9.17, 15) is 10.1 Å². The molecule has 2 N–H and O–H groups in total. The fourth-order valence-corrected chi connectivity index (χ4v) is 5.20. The van der Waals surface area contributed by atoms with Gasteiger partial charge >= 0.3 is 0 Å². The van der Waals surface area contributed by atoms with Crippen molar-refractivity contribution in [3.8, 4) is 11.8 Å². The molecule has 1 unspecified atom stereocenters. The lowest BCUT2D eigenvalue weighted by atomic mass is 10.1. The maximum Gasteiger partial charge on any atom is 0.278 e. The van der Waals surface area contributed by atoms with Gasteiger partial charge in [0.15, 0.2) is 0 Å². The lowest BCUT2D eigenvalue weighted by Crippen LogP contribution is -2.43. The molecule has 1 fully saturated rings. The van der Waals surface area contributed by atoms with E-state index >= 15 is 0 Å². The number of benzene rings is 2. The van der Waals surface area contributed by atoms with Crippen LogP contribution in [0, 0.1) is 11.3 Å². The Morgan fingerprint density at radius 3 is 2.67 bits per heavy atom. The van der Waals surface area contributed by atoms with Crippen LogP contribution in [0.15, 0.2) is 78.0 Å². The topological polar surface area (TPSA) is 106 Å². The van der Waals surface area contributed by atoms with Gasteiger partial charge in [0, 0.05) is 36.4 Å². The number of anilines is 1. The fraction of sp³-hybridized carbons (Fsp3) is 0.214. The number of nitrogens with two attached hydrogens (primary N) is 1. The molecule has 0 bridgehead atoms. The van der Waals surface area contributed by atoms with Gasteiger partial charge in [0.25, 0.3) is 5.56 Å². The second-order valence-electron chi connectivity index (χ2n) is 9.18. The number of piperidine rings is 1. The molecule has 1 saturated heterocycles. The molecule has 0 spiro atoms. The molecule has 1 atom stereocenters. The Labute approximate surface area is 207 Å². The van der Waals surface area contributed by atoms with Crippen molar-refractivity contribution in [1.82, 2.24) is 19.1 Å². The average Bonchev–Trinajstić information content (AvgIpc) is 3.26. The van der Waals surface area contributed by atoms with Crippen LogP contribution in [0.5, 0.6) is 0 Å². The van der Waals surface area contributed by atoms with Gasteiger partial charge in [0.1, 0.15) is 28.5 Å². The van der Waals surface area contributed by atoms with Crippen molar-refractivity contribution in [2.45, 2.75) is 25.4 Å². The molecule has 0 amide bonds. The molecule has 3 aromatic heterocycles. The summed E-state index contributed by atoms with van der Waals surface area (Å²) in [6, 6.07) is 21.9. The van der Waals surface area contributed by atoms with Crippen molar-refractivity contribution in [2.75, 3.05) is 18.0 Å². The molecule has 36 heavy (non-hydrogen) atoms. The minimum atomic E-state index is -0.220. The molecule has 8 heteroatoms. The summed E-state index contributed by atoms with van der Waals surface area (Å²) in [5, 5.41) is 12.3. The van der Waals surface area contributed by atoms with Crippen LogP contribution in [0.25, 0.3) is 27.5 Å². The molecule has 0 aliphatic carbocycles. The summed E-state index contributed by atoms with van der Waals surface area (Å²) in [4.78, 5) is 25.3. The number of aromatic nitrogens is 4. The van der Waals surface area contributed by atoms with Crippen molar-refractivity contribution in [3.05, 3.63) is 94.8 Å². The van der Waals surface area contributed by atoms with Crippen molar-refractivity contribution in [2.24, 2.45) is 5.73 Å². The molecule has 1 aliphatic heterocycles. The lowest BCUT2D eigenvalue weighted by molar-refractivity contribution is 0.501. The standard InChI is InChI=1S/C28H25N7O/c29-15-23-25-26(35(21-9-2-1-3-10-21)27(23)33-14-6-8-20(30)16-33)28(36)34(18-32-25)17-24-22-11-5-4-7-19(22)12-13-31-24/h1-5,7,9-13,18,20H,6,8,14,16-17,30H2. The Kier molecular flexibility index (Phi) is 5.47. The predicted octanol–water partition coefficient (Wildman–Crippen LogP) is 3.58. The quantitative estimate of drug-likeness (QED) is 0.426. The molecule has 178 valence electrons. The third-order valence-corrected chi connectivity index (χ3v) is 6.87. The minimum absolute atomic E-state index is 0.00887. The first kappa shape index (κ1) is 22.0. The number of fused-ring (bicyclic) bond motifs is 2. The van der Waals surface area contributed by atoms with E-state index in [1.54, 1.807) is 10.8 Å². The van der Waals surface area contributed by atoms with Crippen LogP contribution in [-0.4, -0.2) is 38.2 Å². The summed E-state index contributed by atoms with van der Waals surface area (Å²) in [5.74, 6) is 0.680. The predicted molar refractivity (Wildman–Crippen MR) is 140 cm³/mol. The van der Waals surface area contributed by atoms with Crippen LogP contribution < -0.4 is 16.2 Å². The smallest absolute Gasteiger partial charge is 0.278 e. The summed E-state index contributed by atoms with van der Waals surface area (Å²) in [7, 11) is 0. The highest BCUT2D eigenvalue weighted by molar-refractivity contribution is 5.91. The second-order valence-corrected chi connectivity index (χ2v) is 9.18. The van der Waals surface area contributed by atoms with Crippen LogP contribution >= 0.6 is 0 Å². The van der Waals surface area contributed by atoms with Crippen molar-refractivity contribution in [1.29, 1.82) is 5.26 Å². The maximum absolute atomic E-state index is 14.0. The van der Waals surface area contributed by atoms with Crippen molar-refractivity contribution < 1.29 is 0 Å². The second kappa shape index (κ2) is 8.95. The monoisotopic (exact) mass is 475 g/mol. The van der Waals surface area contributed by atoms with E-state index in [1.807, 2.05) is 65.2 Å². The number of hydrogen-bond donors (Lipinski definition) is 1. The van der Waals surface area contributed by atoms with E-state index in [2.05, 4.69) is 20.9 Å². The van der Waals surface area contributed by atoms with Crippen LogP contribution in [0.1, 0.15) is 24.1 Å². The van der Waals surface area contributed by atoms with Crippen LogP contribution in [0.3, 0.4) is 0 Å². The summed E-state index contributed by atoms with van der Waals surface area (Å²) >= 11 is 0. The molecule has 0 saturated carbocycles. The van der Waals surface area contributed by atoms with E-state index in [-0.39, 0.29) is 18.1 Å². The minimum Gasteiger partial charge on any atom is -0.355 e. The number of nitriles is 1. The van der Waals surface area contributed by atoms with Crippen molar-refractivity contribution in [3.63, 3.8) is 0 Å². The van der Waals surface area contributed by atoms with Crippen LogP contribution in [0.2, 0.25) is 0 Å². The van der Waals surface area contributed by atoms with Gasteiger partial charge in [0.05, 0.1) is 18.6 Å². The Bertz CT molecular complexity index is 1670. The van der Waals surface area contributed by atoms with E-state index in [0.29, 0.717) is 29.0 Å². The number of hydrogen-bond acceptors (Lipinski definition) is 6. The lowest BCUT2D eigenvalue weighted by Gasteiger charge is -2.33. The zero-order valence-corrected chi connectivity index (χ0v) is 19.7. The SMILES string of the molecule is N#Cc1c(N2CCCC(N)C2)n(-c2ccccc2)c2c(=O)n(Cc3nccc4ccccc34)cnc12. The molecule has 6 rings (SSSR count). The van der Waals surface area contributed by atoms with Gasteiger partial charge in [-0.3, -0.25) is 18.9 Å². The normalized spacial score (nSPS) is 15.9. The summed E-state index contributed by atoms with van der Waals surface area (Å²) < 4.78 is 3.46. The molecule has 1 aliphatic rings. The molecule has 4 heterocycles. The zero-order valence-electron chi connectivity index (χ0n) is 19.7. The molecule has 2 aromatic carbocycles. The molecular formula is C28H25N7O. The van der Waals surface area contributed by atoms with Crippen LogP contribution in [0.4, 0.5) is 5.82 Å². The Morgan fingerprint density at radius 2 is 1.86 bits per heavy atom.